The molecule has 0 aromatic heterocycles. The zero-order valence-corrected chi connectivity index (χ0v) is 13.9. The van der Waals surface area contributed by atoms with Gasteiger partial charge in [0.15, 0.2) is 0 Å². The molecule has 2 aromatic carbocycles. The van der Waals surface area contributed by atoms with Crippen LogP contribution >= 0.6 is 11.6 Å². The van der Waals surface area contributed by atoms with E-state index in [2.05, 4.69) is 0 Å². The predicted molar refractivity (Wildman–Crippen MR) is 90.6 cm³/mol. The van der Waals surface area contributed by atoms with Gasteiger partial charge in [0.25, 0.3) is 0 Å². The van der Waals surface area contributed by atoms with Crippen molar-refractivity contribution in [2.75, 3.05) is 6.61 Å². The average Bonchev–Trinajstić information content (AvgIpc) is 2.58. The molecule has 0 radical (unpaired) electrons. The summed E-state index contributed by atoms with van der Waals surface area (Å²) in [7, 11) is 0. The minimum Gasteiger partial charge on any atom is -0.394 e. The zero-order chi connectivity index (χ0) is 17.1. The quantitative estimate of drug-likeness (QED) is 0.885. The van der Waals surface area contributed by atoms with E-state index in [-0.39, 0.29) is 24.6 Å². The molecule has 0 aliphatic carbocycles. The van der Waals surface area contributed by atoms with Crippen LogP contribution in [0, 0.1) is 5.82 Å². The molecule has 1 aliphatic heterocycles. The first kappa shape index (κ1) is 17.4. The minimum atomic E-state index is -0.489. The van der Waals surface area contributed by atoms with Crippen molar-refractivity contribution >= 4 is 11.6 Å². The van der Waals surface area contributed by atoms with Crippen LogP contribution in [-0.2, 0) is 11.2 Å². The van der Waals surface area contributed by atoms with Crippen molar-refractivity contribution in [2.24, 2.45) is 0 Å². The van der Waals surface area contributed by atoms with Gasteiger partial charge in [0.1, 0.15) is 5.82 Å². The molecule has 2 aromatic rings. The Hall–Kier alpha value is -1.46. The van der Waals surface area contributed by atoms with Gasteiger partial charge in [0, 0.05) is 17.9 Å². The lowest BCUT2D eigenvalue weighted by molar-refractivity contribution is -0.113. The maximum absolute atomic E-state index is 13.0. The highest BCUT2D eigenvalue weighted by Gasteiger charge is 2.29. The lowest BCUT2D eigenvalue weighted by Crippen LogP contribution is -2.33. The Kier molecular flexibility index (Phi) is 5.51. The van der Waals surface area contributed by atoms with Crippen molar-refractivity contribution in [3.05, 3.63) is 70.0 Å². The van der Waals surface area contributed by atoms with E-state index >= 15 is 0 Å². The van der Waals surface area contributed by atoms with E-state index in [0.29, 0.717) is 24.3 Å². The van der Waals surface area contributed by atoms with E-state index in [1.807, 2.05) is 18.2 Å². The molecule has 1 saturated heterocycles. The molecule has 24 heavy (non-hydrogen) atoms. The van der Waals surface area contributed by atoms with Gasteiger partial charge in [0.2, 0.25) is 0 Å². The number of aliphatic hydroxyl groups is 2. The van der Waals surface area contributed by atoms with Crippen LogP contribution in [0.3, 0.4) is 0 Å². The lowest BCUT2D eigenvalue weighted by atomic mass is 9.94. The van der Waals surface area contributed by atoms with Gasteiger partial charge in [-0.25, -0.2) is 4.39 Å². The molecular weight excluding hydrogens is 331 g/mol. The molecule has 0 amide bonds. The normalized spacial score (nSPS) is 24.1. The van der Waals surface area contributed by atoms with Gasteiger partial charge in [0.05, 0.1) is 24.9 Å². The van der Waals surface area contributed by atoms with Gasteiger partial charge in [-0.1, -0.05) is 35.9 Å². The van der Waals surface area contributed by atoms with Crippen molar-refractivity contribution in [3.63, 3.8) is 0 Å². The number of aliphatic hydroxyl groups excluding tert-OH is 2. The molecule has 5 heteroatoms. The number of hydrogen-bond donors (Lipinski definition) is 2. The summed E-state index contributed by atoms with van der Waals surface area (Å²) in [5, 5.41) is 19.9. The number of ether oxygens (including phenoxy) is 1. The van der Waals surface area contributed by atoms with E-state index in [1.165, 1.54) is 12.1 Å². The number of rotatable bonds is 4. The highest BCUT2D eigenvalue weighted by Crippen LogP contribution is 2.33. The summed E-state index contributed by atoms with van der Waals surface area (Å²) < 4.78 is 18.9. The topological polar surface area (TPSA) is 49.7 Å². The summed E-state index contributed by atoms with van der Waals surface area (Å²) in [5.74, 6) is -0.266. The minimum absolute atomic E-state index is 0.108. The molecule has 3 rings (SSSR count). The van der Waals surface area contributed by atoms with Crippen LogP contribution in [0.1, 0.15) is 35.6 Å². The largest absolute Gasteiger partial charge is 0.394 e. The molecule has 2 N–H and O–H groups in total. The van der Waals surface area contributed by atoms with Crippen molar-refractivity contribution < 1.29 is 19.3 Å². The highest BCUT2D eigenvalue weighted by molar-refractivity contribution is 6.31. The molecule has 0 spiro atoms. The fourth-order valence-electron chi connectivity index (χ4n) is 3.08. The molecule has 0 bridgehead atoms. The monoisotopic (exact) mass is 350 g/mol. The maximum atomic E-state index is 13.0. The predicted octanol–water partition coefficient (Wildman–Crippen LogP) is 3.64. The van der Waals surface area contributed by atoms with Gasteiger partial charge in [-0.15, -0.1) is 0 Å². The molecule has 1 fully saturated rings. The molecule has 1 aliphatic rings. The summed E-state index contributed by atoms with van der Waals surface area (Å²) in [6, 6.07) is 12.0. The molecule has 3 nitrogen and oxygen atoms in total. The first-order valence-electron chi connectivity index (χ1n) is 8.02. The van der Waals surface area contributed by atoms with Gasteiger partial charge in [-0.05, 0) is 41.3 Å². The van der Waals surface area contributed by atoms with Crippen LogP contribution in [0.25, 0.3) is 0 Å². The van der Waals surface area contributed by atoms with Crippen LogP contribution in [-0.4, -0.2) is 29.0 Å². The lowest BCUT2D eigenvalue weighted by Gasteiger charge is -2.32. The van der Waals surface area contributed by atoms with Crippen LogP contribution in [0.5, 0.6) is 0 Å². The smallest absolute Gasteiger partial charge is 0.123 e. The van der Waals surface area contributed by atoms with Crippen molar-refractivity contribution in [1.29, 1.82) is 0 Å². The Balaban J connectivity index is 1.81. The molecular formula is C19H20ClFO3. The third-order valence-electron chi connectivity index (χ3n) is 4.33. The fourth-order valence-corrected chi connectivity index (χ4v) is 3.26. The number of halogens is 2. The van der Waals surface area contributed by atoms with E-state index in [1.54, 1.807) is 12.1 Å². The van der Waals surface area contributed by atoms with Crippen LogP contribution in [0.4, 0.5) is 4.39 Å². The fraction of sp³-hybridized carbons (Fsp3) is 0.368. The van der Waals surface area contributed by atoms with E-state index < -0.39 is 6.10 Å². The first-order chi connectivity index (χ1) is 11.5. The van der Waals surface area contributed by atoms with Gasteiger partial charge < -0.3 is 14.9 Å². The first-order valence-corrected chi connectivity index (χ1v) is 8.40. The number of benzene rings is 2. The van der Waals surface area contributed by atoms with Gasteiger partial charge in [-0.3, -0.25) is 0 Å². The third-order valence-corrected chi connectivity index (χ3v) is 4.70. The summed E-state index contributed by atoms with van der Waals surface area (Å²) in [5.41, 5.74) is 2.81. The Morgan fingerprint density at radius 3 is 2.58 bits per heavy atom. The van der Waals surface area contributed by atoms with Crippen LogP contribution in [0.2, 0.25) is 5.02 Å². The van der Waals surface area contributed by atoms with Crippen molar-refractivity contribution in [3.8, 4) is 0 Å². The SMILES string of the molecule is OC[C@@H]1C[C@H](O)C[C@H](c2ccc(Cl)c(Cc3ccc(F)cc3)c2)O1. The molecule has 0 saturated carbocycles. The average molecular weight is 351 g/mol. The van der Waals surface area contributed by atoms with Crippen LogP contribution in [0.15, 0.2) is 42.5 Å². The third kappa shape index (κ3) is 4.14. The maximum Gasteiger partial charge on any atom is 0.123 e. The molecule has 1 heterocycles. The molecule has 128 valence electrons. The summed E-state index contributed by atoms with van der Waals surface area (Å²) in [6.45, 7) is -0.108. The zero-order valence-electron chi connectivity index (χ0n) is 13.2. The Morgan fingerprint density at radius 1 is 1.12 bits per heavy atom. The Bertz CT molecular complexity index is 690. The second-order valence-corrected chi connectivity index (χ2v) is 6.62. The van der Waals surface area contributed by atoms with Crippen molar-refractivity contribution in [1.82, 2.24) is 0 Å². The summed E-state index contributed by atoms with van der Waals surface area (Å²) in [6.07, 6.45) is 0.422. The van der Waals surface area contributed by atoms with E-state index in [9.17, 15) is 14.6 Å². The van der Waals surface area contributed by atoms with E-state index in [0.717, 1.165) is 16.7 Å². The molecule has 0 unspecified atom stereocenters. The Morgan fingerprint density at radius 2 is 1.88 bits per heavy atom. The summed E-state index contributed by atoms with van der Waals surface area (Å²) in [4.78, 5) is 0. The standard InChI is InChI=1S/C19H20ClFO3/c20-18-6-3-13(19-10-16(23)9-17(11-22)24-19)8-14(18)7-12-1-4-15(21)5-2-12/h1-6,8,16-17,19,22-23H,7,9-11H2/t16-,17-,19+/m0/s1. The second-order valence-electron chi connectivity index (χ2n) is 6.21. The summed E-state index contributed by atoms with van der Waals surface area (Å²) >= 11 is 6.30. The van der Waals surface area contributed by atoms with Gasteiger partial charge >= 0.3 is 0 Å². The van der Waals surface area contributed by atoms with Crippen LogP contribution < -0.4 is 0 Å². The highest BCUT2D eigenvalue weighted by atomic mass is 35.5. The Labute approximate surface area is 145 Å². The van der Waals surface area contributed by atoms with Gasteiger partial charge in [-0.2, -0.15) is 0 Å². The second kappa shape index (κ2) is 7.62. The van der Waals surface area contributed by atoms with E-state index in [4.69, 9.17) is 16.3 Å². The van der Waals surface area contributed by atoms with Crippen molar-refractivity contribution in [2.45, 2.75) is 37.6 Å². The molecule has 3 atom stereocenters. The number of hydrogen-bond acceptors (Lipinski definition) is 3.